The Bertz CT molecular complexity index is 256. The van der Waals surface area contributed by atoms with Crippen LogP contribution in [-0.4, -0.2) is 18.3 Å². The molecule has 1 N–H and O–H groups in total. The lowest BCUT2D eigenvalue weighted by atomic mass is 9.74. The molecule has 1 fully saturated rings. The van der Waals surface area contributed by atoms with E-state index >= 15 is 0 Å². The molecule has 0 aliphatic heterocycles. The molecule has 2 unspecified atom stereocenters. The average molecular weight is 220 g/mol. The van der Waals surface area contributed by atoms with E-state index in [2.05, 4.69) is 5.32 Å². The lowest BCUT2D eigenvalue weighted by Gasteiger charge is -2.37. The fourth-order valence-electron chi connectivity index (χ4n) is 2.07. The zero-order valence-corrected chi connectivity index (χ0v) is 8.69. The molecular weight excluding hydrogens is 205 g/mol. The molecule has 1 saturated carbocycles. The number of nitriles is 1. The zero-order chi connectivity index (χ0) is 11.5. The van der Waals surface area contributed by atoms with Gasteiger partial charge in [0, 0.05) is 0 Å². The van der Waals surface area contributed by atoms with Crippen LogP contribution in [0, 0.1) is 17.2 Å². The van der Waals surface area contributed by atoms with E-state index in [1.165, 1.54) is 0 Å². The molecule has 86 valence electrons. The van der Waals surface area contributed by atoms with Crippen LogP contribution in [0.4, 0.5) is 13.2 Å². The van der Waals surface area contributed by atoms with E-state index in [-0.39, 0.29) is 5.92 Å². The molecule has 0 aromatic heterocycles. The molecule has 1 aliphatic rings. The van der Waals surface area contributed by atoms with E-state index in [0.29, 0.717) is 6.42 Å². The van der Waals surface area contributed by atoms with Gasteiger partial charge in [-0.2, -0.15) is 18.4 Å². The molecule has 15 heavy (non-hydrogen) atoms. The molecule has 1 aliphatic carbocycles. The Kier molecular flexibility index (Phi) is 3.61. The van der Waals surface area contributed by atoms with Gasteiger partial charge in [0.15, 0.2) is 0 Å². The molecule has 1 rings (SSSR count). The van der Waals surface area contributed by atoms with Gasteiger partial charge in [-0.1, -0.05) is 19.8 Å². The largest absolute Gasteiger partial charge is 0.401 e. The van der Waals surface area contributed by atoms with Crippen LogP contribution in [0.2, 0.25) is 0 Å². The normalized spacial score (nSPS) is 32.3. The van der Waals surface area contributed by atoms with Gasteiger partial charge in [0.2, 0.25) is 0 Å². The SMILES string of the molecule is CC1CCCCC1(C#N)NCC(F)(F)F. The third-order valence-electron chi connectivity index (χ3n) is 3.10. The maximum atomic E-state index is 12.1. The highest BCUT2D eigenvalue weighted by Crippen LogP contribution is 2.33. The summed E-state index contributed by atoms with van der Waals surface area (Å²) in [4.78, 5) is 0. The van der Waals surface area contributed by atoms with Gasteiger partial charge in [-0.05, 0) is 18.8 Å². The van der Waals surface area contributed by atoms with Crippen LogP contribution in [0.15, 0.2) is 0 Å². The number of hydrogen-bond acceptors (Lipinski definition) is 2. The predicted molar refractivity (Wildman–Crippen MR) is 50.0 cm³/mol. The molecule has 0 radical (unpaired) electrons. The average Bonchev–Trinajstić information content (AvgIpc) is 2.16. The summed E-state index contributed by atoms with van der Waals surface area (Å²) < 4.78 is 36.2. The Hall–Kier alpha value is -0.760. The molecule has 0 bridgehead atoms. The highest BCUT2D eigenvalue weighted by molar-refractivity contribution is 5.11. The fraction of sp³-hybridized carbons (Fsp3) is 0.900. The number of hydrogen-bond donors (Lipinski definition) is 1. The van der Waals surface area contributed by atoms with Crippen molar-refractivity contribution in [2.75, 3.05) is 6.54 Å². The lowest BCUT2D eigenvalue weighted by molar-refractivity contribution is -0.129. The van der Waals surface area contributed by atoms with Crippen molar-refractivity contribution in [2.45, 2.75) is 44.3 Å². The quantitative estimate of drug-likeness (QED) is 0.776. The summed E-state index contributed by atoms with van der Waals surface area (Å²) in [5.41, 5.74) is -0.978. The van der Waals surface area contributed by atoms with Gasteiger partial charge in [-0.3, -0.25) is 5.32 Å². The van der Waals surface area contributed by atoms with Crippen LogP contribution >= 0.6 is 0 Å². The van der Waals surface area contributed by atoms with E-state index in [1.54, 1.807) is 0 Å². The number of alkyl halides is 3. The van der Waals surface area contributed by atoms with Crippen LogP contribution in [0.5, 0.6) is 0 Å². The topological polar surface area (TPSA) is 35.8 Å². The second-order valence-corrected chi connectivity index (χ2v) is 4.20. The molecular formula is C10H15F3N2. The molecule has 0 heterocycles. The molecule has 0 amide bonds. The number of nitrogens with one attached hydrogen (secondary N) is 1. The van der Waals surface area contributed by atoms with Crippen LogP contribution in [0.25, 0.3) is 0 Å². The lowest BCUT2D eigenvalue weighted by Crippen LogP contribution is -2.53. The molecule has 0 aromatic carbocycles. The highest BCUT2D eigenvalue weighted by Gasteiger charge is 2.41. The van der Waals surface area contributed by atoms with Crippen molar-refractivity contribution in [3.8, 4) is 6.07 Å². The van der Waals surface area contributed by atoms with Crippen molar-refractivity contribution in [3.63, 3.8) is 0 Å². The Balaban J connectivity index is 2.64. The molecule has 0 saturated heterocycles. The van der Waals surface area contributed by atoms with Crippen molar-refractivity contribution in [3.05, 3.63) is 0 Å². The maximum Gasteiger partial charge on any atom is 0.401 e. The summed E-state index contributed by atoms with van der Waals surface area (Å²) in [6, 6.07) is 2.03. The number of rotatable bonds is 2. The first-order valence-electron chi connectivity index (χ1n) is 5.13. The minimum Gasteiger partial charge on any atom is -0.291 e. The first kappa shape index (κ1) is 12.3. The van der Waals surface area contributed by atoms with E-state index in [4.69, 9.17) is 5.26 Å². The standard InChI is InChI=1S/C10H15F3N2/c1-8-4-2-3-5-9(8,6-14)15-7-10(11,12)13/h8,15H,2-5,7H2,1H3. The monoisotopic (exact) mass is 220 g/mol. The summed E-state index contributed by atoms with van der Waals surface area (Å²) in [7, 11) is 0. The third-order valence-corrected chi connectivity index (χ3v) is 3.10. The molecule has 2 atom stereocenters. The zero-order valence-electron chi connectivity index (χ0n) is 8.69. The van der Waals surface area contributed by atoms with Gasteiger partial charge in [-0.15, -0.1) is 0 Å². The molecule has 5 heteroatoms. The summed E-state index contributed by atoms with van der Waals surface area (Å²) in [5, 5.41) is 11.4. The van der Waals surface area contributed by atoms with Gasteiger partial charge >= 0.3 is 6.18 Å². The first-order chi connectivity index (χ1) is 6.90. The Morgan fingerprint density at radius 1 is 1.47 bits per heavy atom. The molecule has 2 nitrogen and oxygen atoms in total. The van der Waals surface area contributed by atoms with Crippen LogP contribution < -0.4 is 5.32 Å². The van der Waals surface area contributed by atoms with Gasteiger partial charge in [0.25, 0.3) is 0 Å². The first-order valence-corrected chi connectivity index (χ1v) is 5.13. The minimum absolute atomic E-state index is 0.0152. The summed E-state index contributed by atoms with van der Waals surface area (Å²) >= 11 is 0. The van der Waals surface area contributed by atoms with E-state index in [9.17, 15) is 13.2 Å². The van der Waals surface area contributed by atoms with Gasteiger partial charge in [0.1, 0.15) is 5.54 Å². The highest BCUT2D eigenvalue weighted by atomic mass is 19.4. The van der Waals surface area contributed by atoms with Gasteiger partial charge in [-0.25, -0.2) is 0 Å². The van der Waals surface area contributed by atoms with E-state index in [0.717, 1.165) is 19.3 Å². The van der Waals surface area contributed by atoms with Crippen LogP contribution in [0.1, 0.15) is 32.6 Å². The van der Waals surface area contributed by atoms with Gasteiger partial charge < -0.3 is 0 Å². The smallest absolute Gasteiger partial charge is 0.291 e. The van der Waals surface area contributed by atoms with Crippen molar-refractivity contribution >= 4 is 0 Å². The summed E-state index contributed by atoms with van der Waals surface area (Å²) in [5.74, 6) is -0.0152. The number of nitrogens with zero attached hydrogens (tertiary/aromatic N) is 1. The van der Waals surface area contributed by atoms with Crippen molar-refractivity contribution < 1.29 is 13.2 Å². The Morgan fingerprint density at radius 2 is 2.13 bits per heavy atom. The summed E-state index contributed by atoms with van der Waals surface area (Å²) in [6.45, 7) is 0.761. The Morgan fingerprint density at radius 3 is 2.60 bits per heavy atom. The van der Waals surface area contributed by atoms with Crippen molar-refractivity contribution in [2.24, 2.45) is 5.92 Å². The molecule has 0 aromatic rings. The predicted octanol–water partition coefficient (Wildman–Crippen LogP) is 2.61. The van der Waals surface area contributed by atoms with Crippen LogP contribution in [0.3, 0.4) is 0 Å². The fourth-order valence-corrected chi connectivity index (χ4v) is 2.07. The minimum atomic E-state index is -4.25. The van der Waals surface area contributed by atoms with E-state index < -0.39 is 18.3 Å². The number of halogens is 3. The van der Waals surface area contributed by atoms with Crippen LogP contribution in [-0.2, 0) is 0 Å². The summed E-state index contributed by atoms with van der Waals surface area (Å²) in [6.07, 6.45) is -1.10. The van der Waals surface area contributed by atoms with Crippen molar-refractivity contribution in [1.82, 2.24) is 5.32 Å². The molecule has 0 spiro atoms. The second kappa shape index (κ2) is 4.40. The Labute approximate surface area is 87.5 Å². The van der Waals surface area contributed by atoms with Gasteiger partial charge in [0.05, 0.1) is 12.6 Å². The second-order valence-electron chi connectivity index (χ2n) is 4.20. The van der Waals surface area contributed by atoms with Crippen molar-refractivity contribution in [1.29, 1.82) is 5.26 Å². The third kappa shape index (κ3) is 3.10. The van der Waals surface area contributed by atoms with E-state index in [1.807, 2.05) is 13.0 Å². The maximum absolute atomic E-state index is 12.1.